The monoisotopic (exact) mass is 341 g/mol. The molecule has 2 aromatic rings. The Kier molecular flexibility index (Phi) is 4.09. The van der Waals surface area contributed by atoms with Crippen LogP contribution in [0.2, 0.25) is 5.02 Å². The minimum absolute atomic E-state index is 0.0761. The number of aromatic nitrogens is 1. The third kappa shape index (κ3) is 2.95. The fourth-order valence-corrected chi connectivity index (χ4v) is 4.08. The molecule has 0 unspecified atom stereocenters. The molecule has 0 amide bonds. The number of anilines is 1. The second-order valence-electron chi connectivity index (χ2n) is 5.86. The Morgan fingerprint density at radius 1 is 1.32 bits per heavy atom. The van der Waals surface area contributed by atoms with Gasteiger partial charge in [-0.05, 0) is 31.0 Å². The molecule has 1 aliphatic rings. The molecule has 0 bridgehead atoms. The van der Waals surface area contributed by atoms with Crippen LogP contribution in [0.25, 0.3) is 10.9 Å². The molecule has 0 spiro atoms. The van der Waals surface area contributed by atoms with Crippen LogP contribution in [0.15, 0.2) is 24.4 Å². The van der Waals surface area contributed by atoms with Gasteiger partial charge in [0.25, 0.3) is 0 Å². The summed E-state index contributed by atoms with van der Waals surface area (Å²) in [5, 5.41) is 1.86. The number of fused-ring (bicyclic) bond motifs is 1. The largest absolute Gasteiger partial charge is 0.371 e. The van der Waals surface area contributed by atoms with E-state index in [1.54, 1.807) is 7.05 Å². The SMILES string of the molecule is CN(C1CCN(c2cc(Cl)cc3[nH]ccc23)CC1)S(C)(=O)=O. The number of aromatic amines is 1. The number of rotatable bonds is 3. The molecule has 5 nitrogen and oxygen atoms in total. The van der Waals surface area contributed by atoms with Crippen molar-refractivity contribution in [2.24, 2.45) is 0 Å². The van der Waals surface area contributed by atoms with E-state index in [-0.39, 0.29) is 6.04 Å². The van der Waals surface area contributed by atoms with Crippen LogP contribution in [0.4, 0.5) is 5.69 Å². The molecule has 0 saturated carbocycles. The molecule has 1 aliphatic heterocycles. The number of hydrogen-bond donors (Lipinski definition) is 1. The summed E-state index contributed by atoms with van der Waals surface area (Å²) in [6.07, 6.45) is 4.82. The lowest BCUT2D eigenvalue weighted by Gasteiger charge is -2.37. The van der Waals surface area contributed by atoms with Gasteiger partial charge in [-0.1, -0.05) is 11.6 Å². The van der Waals surface area contributed by atoms with Gasteiger partial charge in [-0.15, -0.1) is 0 Å². The molecule has 2 heterocycles. The van der Waals surface area contributed by atoms with E-state index in [2.05, 4.69) is 16.0 Å². The third-order valence-corrected chi connectivity index (χ3v) is 6.02. The maximum atomic E-state index is 11.7. The van der Waals surface area contributed by atoms with Crippen LogP contribution in [0.3, 0.4) is 0 Å². The van der Waals surface area contributed by atoms with E-state index in [0.717, 1.165) is 42.5 Å². The molecule has 1 N–H and O–H groups in total. The lowest BCUT2D eigenvalue weighted by Crippen LogP contribution is -2.45. The normalized spacial score (nSPS) is 17.5. The van der Waals surface area contributed by atoms with Gasteiger partial charge < -0.3 is 9.88 Å². The number of nitrogens with zero attached hydrogens (tertiary/aromatic N) is 2. The second kappa shape index (κ2) is 5.76. The highest BCUT2D eigenvalue weighted by Crippen LogP contribution is 2.32. The van der Waals surface area contributed by atoms with Crippen molar-refractivity contribution in [3.63, 3.8) is 0 Å². The molecule has 120 valence electrons. The Hall–Kier alpha value is -1.24. The van der Waals surface area contributed by atoms with Crippen molar-refractivity contribution in [1.29, 1.82) is 0 Å². The molecule has 1 saturated heterocycles. The molecule has 22 heavy (non-hydrogen) atoms. The second-order valence-corrected chi connectivity index (χ2v) is 8.34. The topological polar surface area (TPSA) is 56.4 Å². The molecular formula is C15H20ClN3O2S. The molecule has 1 fully saturated rings. The van der Waals surface area contributed by atoms with Gasteiger partial charge in [0.15, 0.2) is 0 Å². The summed E-state index contributed by atoms with van der Waals surface area (Å²) in [6.45, 7) is 1.65. The fraction of sp³-hybridized carbons (Fsp3) is 0.467. The van der Waals surface area contributed by atoms with Gasteiger partial charge in [-0.25, -0.2) is 12.7 Å². The average Bonchev–Trinajstić information content (AvgIpc) is 2.93. The van der Waals surface area contributed by atoms with Gasteiger partial charge in [-0.3, -0.25) is 0 Å². The van der Waals surface area contributed by atoms with Crippen molar-refractivity contribution in [2.75, 3.05) is 31.3 Å². The summed E-state index contributed by atoms with van der Waals surface area (Å²) in [7, 11) is -1.46. The Bertz CT molecular complexity index is 779. The highest BCUT2D eigenvalue weighted by molar-refractivity contribution is 7.88. The number of benzene rings is 1. The van der Waals surface area contributed by atoms with E-state index in [1.165, 1.54) is 10.6 Å². The van der Waals surface area contributed by atoms with Crippen LogP contribution in [0.1, 0.15) is 12.8 Å². The number of halogens is 1. The van der Waals surface area contributed by atoms with E-state index >= 15 is 0 Å². The number of hydrogen-bond acceptors (Lipinski definition) is 3. The molecule has 0 aliphatic carbocycles. The molecule has 1 aromatic carbocycles. The minimum Gasteiger partial charge on any atom is -0.371 e. The number of nitrogens with one attached hydrogen (secondary N) is 1. The van der Waals surface area contributed by atoms with Gasteiger partial charge in [0.05, 0.1) is 6.26 Å². The molecule has 3 rings (SSSR count). The molecule has 0 atom stereocenters. The predicted octanol–water partition coefficient (Wildman–Crippen LogP) is 2.68. The zero-order valence-electron chi connectivity index (χ0n) is 12.7. The third-order valence-electron chi connectivity index (χ3n) is 4.45. The molecule has 7 heteroatoms. The number of H-pyrrole nitrogens is 1. The number of piperidine rings is 1. The van der Waals surface area contributed by atoms with Crippen molar-refractivity contribution in [3.8, 4) is 0 Å². The van der Waals surface area contributed by atoms with Crippen molar-refractivity contribution >= 4 is 38.2 Å². The fourth-order valence-electron chi connectivity index (χ4n) is 3.12. The van der Waals surface area contributed by atoms with Crippen molar-refractivity contribution in [3.05, 3.63) is 29.4 Å². The average molecular weight is 342 g/mol. The summed E-state index contributed by atoms with van der Waals surface area (Å²) in [6, 6.07) is 6.03. The van der Waals surface area contributed by atoms with Gasteiger partial charge in [0, 0.05) is 54.0 Å². The van der Waals surface area contributed by atoms with E-state index in [1.807, 2.05) is 18.3 Å². The van der Waals surface area contributed by atoms with Crippen LogP contribution >= 0.6 is 11.6 Å². The molecule has 1 aromatic heterocycles. The first-order valence-electron chi connectivity index (χ1n) is 7.31. The van der Waals surface area contributed by atoms with Crippen LogP contribution in [0, 0.1) is 0 Å². The van der Waals surface area contributed by atoms with Crippen LogP contribution in [-0.4, -0.2) is 50.1 Å². The maximum Gasteiger partial charge on any atom is 0.211 e. The van der Waals surface area contributed by atoms with Gasteiger partial charge in [-0.2, -0.15) is 0 Å². The first-order valence-corrected chi connectivity index (χ1v) is 9.53. The highest BCUT2D eigenvalue weighted by Gasteiger charge is 2.27. The maximum absolute atomic E-state index is 11.7. The van der Waals surface area contributed by atoms with Gasteiger partial charge >= 0.3 is 0 Å². The Morgan fingerprint density at radius 3 is 2.64 bits per heavy atom. The van der Waals surface area contributed by atoms with Gasteiger partial charge in [0.1, 0.15) is 0 Å². The minimum atomic E-state index is -3.13. The molecule has 0 radical (unpaired) electrons. The zero-order chi connectivity index (χ0) is 15.9. The quantitative estimate of drug-likeness (QED) is 0.933. The van der Waals surface area contributed by atoms with Crippen molar-refractivity contribution in [1.82, 2.24) is 9.29 Å². The van der Waals surface area contributed by atoms with Crippen LogP contribution < -0.4 is 4.90 Å². The van der Waals surface area contributed by atoms with Crippen molar-refractivity contribution < 1.29 is 8.42 Å². The van der Waals surface area contributed by atoms with E-state index in [9.17, 15) is 8.42 Å². The lowest BCUT2D eigenvalue weighted by atomic mass is 10.0. The first-order chi connectivity index (χ1) is 10.4. The van der Waals surface area contributed by atoms with E-state index in [4.69, 9.17) is 11.6 Å². The summed E-state index contributed by atoms with van der Waals surface area (Å²) in [5.74, 6) is 0. The van der Waals surface area contributed by atoms with E-state index in [0.29, 0.717) is 5.02 Å². The Morgan fingerprint density at radius 2 is 2.00 bits per heavy atom. The molecular weight excluding hydrogens is 322 g/mol. The summed E-state index contributed by atoms with van der Waals surface area (Å²) in [5.41, 5.74) is 2.14. The Labute approximate surface area is 135 Å². The Balaban J connectivity index is 1.80. The van der Waals surface area contributed by atoms with Gasteiger partial charge in [0.2, 0.25) is 10.0 Å². The smallest absolute Gasteiger partial charge is 0.211 e. The lowest BCUT2D eigenvalue weighted by molar-refractivity contribution is 0.314. The van der Waals surface area contributed by atoms with Crippen molar-refractivity contribution in [2.45, 2.75) is 18.9 Å². The van der Waals surface area contributed by atoms with E-state index < -0.39 is 10.0 Å². The zero-order valence-corrected chi connectivity index (χ0v) is 14.3. The van der Waals surface area contributed by atoms with Crippen LogP contribution in [-0.2, 0) is 10.0 Å². The summed E-state index contributed by atoms with van der Waals surface area (Å²) < 4.78 is 24.8. The summed E-state index contributed by atoms with van der Waals surface area (Å²) in [4.78, 5) is 5.47. The standard InChI is InChI=1S/C15H20ClN3O2S/c1-18(22(2,20)21)12-4-7-19(8-5-12)15-10-11(16)9-14-13(15)3-6-17-14/h3,6,9-10,12,17H,4-5,7-8H2,1-2H3. The predicted molar refractivity (Wildman–Crippen MR) is 91.2 cm³/mol. The highest BCUT2D eigenvalue weighted by atomic mass is 35.5. The summed E-state index contributed by atoms with van der Waals surface area (Å²) >= 11 is 6.20. The first kappa shape index (κ1) is 15.6. The van der Waals surface area contributed by atoms with Crippen LogP contribution in [0.5, 0.6) is 0 Å². The number of sulfonamides is 1.